The van der Waals surface area contributed by atoms with Crippen molar-refractivity contribution in [3.8, 4) is 90.4 Å². The minimum absolute atomic E-state index is 0.990. The minimum Gasteiger partial charge on any atom is -0.131 e. The summed E-state index contributed by atoms with van der Waals surface area (Å²) in [6.07, 6.45) is 2.03. The lowest BCUT2D eigenvalue weighted by Gasteiger charge is -2.14. The molecule has 0 fully saturated rings. The average Bonchev–Trinajstić information content (AvgIpc) is 3.51. The van der Waals surface area contributed by atoms with Crippen LogP contribution in [0.25, 0.3) is 66.8 Å². The van der Waals surface area contributed by atoms with Crippen molar-refractivity contribution in [2.24, 2.45) is 0 Å². The molecule has 0 saturated carbocycles. The highest BCUT2D eigenvalue weighted by molar-refractivity contribution is 7.12. The second-order valence-corrected chi connectivity index (χ2v) is 14.3. The van der Waals surface area contributed by atoms with Gasteiger partial charge in [-0.1, -0.05) is 153 Å². The zero-order chi connectivity index (χ0) is 34.9. The van der Waals surface area contributed by atoms with E-state index in [-0.39, 0.29) is 0 Å². The van der Waals surface area contributed by atoms with Crippen molar-refractivity contribution >= 4 is 11.3 Å². The Morgan fingerprint density at radius 3 is 1.04 bits per heavy atom. The van der Waals surface area contributed by atoms with Gasteiger partial charge in [0, 0.05) is 16.0 Å². The fourth-order valence-corrected chi connectivity index (χ4v) is 8.55. The molecule has 0 aliphatic heterocycles. The summed E-state index contributed by atoms with van der Waals surface area (Å²) in [6, 6.07) is 48.9. The summed E-state index contributed by atoms with van der Waals surface area (Å²) in [5, 5.41) is 0. The van der Waals surface area contributed by atoms with Crippen molar-refractivity contribution in [1.29, 1.82) is 0 Å². The Labute approximate surface area is 306 Å². The zero-order valence-electron chi connectivity index (χ0n) is 29.5. The number of benzene rings is 6. The highest BCUT2D eigenvalue weighted by atomic mass is 32.1. The van der Waals surface area contributed by atoms with E-state index in [0.29, 0.717) is 0 Å². The van der Waals surface area contributed by atoms with Gasteiger partial charge in [0.15, 0.2) is 0 Å². The van der Waals surface area contributed by atoms with Crippen LogP contribution >= 0.6 is 11.3 Å². The highest BCUT2D eigenvalue weighted by Crippen LogP contribution is 2.36. The third-order valence-corrected chi connectivity index (χ3v) is 11.2. The molecule has 1 aromatic heterocycles. The monoisotopic (exact) mass is 670 g/mol. The third kappa shape index (κ3) is 6.23. The van der Waals surface area contributed by atoms with Gasteiger partial charge in [0.25, 0.3) is 0 Å². The first-order chi connectivity index (χ1) is 25.0. The molecule has 0 amide bonds. The molecule has 0 radical (unpaired) electrons. The quantitative estimate of drug-likeness (QED) is 0.161. The van der Waals surface area contributed by atoms with Crippen LogP contribution in [0.2, 0.25) is 0 Å². The van der Waals surface area contributed by atoms with E-state index in [1.165, 1.54) is 65.4 Å². The second-order valence-electron chi connectivity index (χ2n) is 13.1. The van der Waals surface area contributed by atoms with Crippen molar-refractivity contribution in [2.45, 2.75) is 40.5 Å². The molecule has 16 aliphatic carbocycles. The fraction of sp³-hybridized carbons (Fsp3) is 0.120. The van der Waals surface area contributed by atoms with E-state index in [0.717, 1.165) is 46.2 Å². The SMILES string of the molecule is CC#Cc1cc2c(C#Cc3sc(C)c(CC)c3CC)cc1-c1ccc(cc1)-c1ccc(cc1)-c1ccc(cc1)-c1ccc(cc1)-c1ccc-2cc1. The Balaban J connectivity index is 1.33. The smallest absolute Gasteiger partial charge is 0.0809 e. The lowest BCUT2D eigenvalue weighted by Crippen LogP contribution is -1.93. The minimum atomic E-state index is 0.990. The van der Waals surface area contributed by atoms with Crippen LogP contribution in [0.5, 0.6) is 0 Å². The van der Waals surface area contributed by atoms with Gasteiger partial charge >= 0.3 is 0 Å². The molecule has 244 valence electrons. The lowest BCUT2D eigenvalue weighted by atomic mass is 9.89. The largest absolute Gasteiger partial charge is 0.131 e. The molecule has 51 heavy (non-hydrogen) atoms. The fourth-order valence-electron chi connectivity index (χ4n) is 7.36. The van der Waals surface area contributed by atoms with E-state index >= 15 is 0 Å². The van der Waals surface area contributed by atoms with Crippen LogP contribution in [-0.4, -0.2) is 0 Å². The van der Waals surface area contributed by atoms with Gasteiger partial charge in [-0.05, 0) is 117 Å². The molecule has 16 aliphatic rings. The van der Waals surface area contributed by atoms with Gasteiger partial charge in [0.1, 0.15) is 0 Å². The van der Waals surface area contributed by atoms with Crippen LogP contribution in [0.1, 0.15) is 52.8 Å². The number of aryl methyl sites for hydroxylation is 1. The van der Waals surface area contributed by atoms with Crippen molar-refractivity contribution in [1.82, 2.24) is 0 Å². The van der Waals surface area contributed by atoms with E-state index < -0.39 is 0 Å². The predicted molar refractivity (Wildman–Crippen MR) is 219 cm³/mol. The first-order valence-electron chi connectivity index (χ1n) is 17.8. The zero-order valence-corrected chi connectivity index (χ0v) is 30.3. The Bertz CT molecular complexity index is 2500. The summed E-state index contributed by atoms with van der Waals surface area (Å²) in [5.41, 5.74) is 18.9. The maximum atomic E-state index is 3.67. The van der Waals surface area contributed by atoms with Crippen molar-refractivity contribution in [3.63, 3.8) is 0 Å². The summed E-state index contributed by atoms with van der Waals surface area (Å²) in [6.45, 7) is 8.63. The molecule has 1 heteroatoms. The molecule has 0 nitrogen and oxygen atoms in total. The Morgan fingerprint density at radius 1 is 0.412 bits per heavy atom. The lowest BCUT2D eigenvalue weighted by molar-refractivity contribution is 1.04. The van der Waals surface area contributed by atoms with Crippen molar-refractivity contribution in [3.05, 3.63) is 165 Å². The molecular formula is C50H38S. The number of hydrogen-bond donors (Lipinski definition) is 0. The van der Waals surface area contributed by atoms with Gasteiger partial charge in [0.2, 0.25) is 0 Å². The molecular weight excluding hydrogens is 633 g/mol. The maximum Gasteiger partial charge on any atom is 0.0809 e. The molecule has 0 spiro atoms. The van der Waals surface area contributed by atoms with E-state index in [9.17, 15) is 0 Å². The summed E-state index contributed by atoms with van der Waals surface area (Å²) < 4.78 is 0. The van der Waals surface area contributed by atoms with Gasteiger partial charge in [-0.15, -0.1) is 17.3 Å². The van der Waals surface area contributed by atoms with Crippen LogP contribution in [0.3, 0.4) is 0 Å². The molecule has 6 aromatic carbocycles. The normalized spacial score (nSPS) is 11.0. The second kappa shape index (κ2) is 13.8. The maximum absolute atomic E-state index is 3.67. The van der Waals surface area contributed by atoms with Gasteiger partial charge in [0.05, 0.1) is 4.88 Å². The molecule has 12 bridgehead atoms. The number of thiophene rings is 1. The van der Waals surface area contributed by atoms with Gasteiger partial charge < -0.3 is 0 Å². The predicted octanol–water partition coefficient (Wildman–Crippen LogP) is 13.3. The first kappa shape index (κ1) is 32.4. The molecule has 1 heterocycles. The van der Waals surface area contributed by atoms with Crippen molar-refractivity contribution < 1.29 is 0 Å². The van der Waals surface area contributed by atoms with Crippen LogP contribution in [0.15, 0.2) is 133 Å². The Morgan fingerprint density at radius 2 is 0.725 bits per heavy atom. The van der Waals surface area contributed by atoms with Crippen molar-refractivity contribution in [2.75, 3.05) is 0 Å². The first-order valence-corrected chi connectivity index (χ1v) is 18.6. The van der Waals surface area contributed by atoms with E-state index in [1.807, 2.05) is 18.3 Å². The van der Waals surface area contributed by atoms with Crippen LogP contribution in [0.4, 0.5) is 0 Å². The molecule has 0 atom stereocenters. The van der Waals surface area contributed by atoms with Gasteiger partial charge in [-0.25, -0.2) is 0 Å². The third-order valence-electron chi connectivity index (χ3n) is 10.1. The molecule has 0 saturated heterocycles. The average molecular weight is 671 g/mol. The number of hydrogen-bond acceptors (Lipinski definition) is 1. The van der Waals surface area contributed by atoms with Crippen LogP contribution in [0, 0.1) is 30.6 Å². The molecule has 23 rings (SSSR count). The van der Waals surface area contributed by atoms with E-state index in [1.54, 1.807) is 0 Å². The highest BCUT2D eigenvalue weighted by Gasteiger charge is 2.15. The standard InChI is InChI=1S/C50H38S/c1-5-8-44-31-49-43-27-23-41(24-28-43)39-19-15-37(16-20-39)35-11-9-34(10-12-35)36-13-17-38(18-14-36)40-21-25-42(26-22-40)48(44)32-45(49)29-30-50-47(7-3)46(6-2)33(4)51-50/h9-28,31-32H,6-7H2,1-4H3. The van der Waals surface area contributed by atoms with E-state index in [2.05, 4.69) is 178 Å². The summed E-state index contributed by atoms with van der Waals surface area (Å²) >= 11 is 1.83. The van der Waals surface area contributed by atoms with Crippen LogP contribution in [-0.2, 0) is 12.8 Å². The Kier molecular flexibility index (Phi) is 8.76. The summed E-state index contributed by atoms with van der Waals surface area (Å²) in [5.74, 6) is 13.9. The molecule has 7 aromatic rings. The molecule has 0 unspecified atom stereocenters. The summed E-state index contributed by atoms with van der Waals surface area (Å²) in [4.78, 5) is 2.56. The topological polar surface area (TPSA) is 0 Å². The van der Waals surface area contributed by atoms with Crippen LogP contribution < -0.4 is 0 Å². The molecule has 0 N–H and O–H groups in total. The Hall–Kier alpha value is -5.86. The number of rotatable bonds is 2. The van der Waals surface area contributed by atoms with Gasteiger partial charge in [-0.3, -0.25) is 0 Å². The summed E-state index contributed by atoms with van der Waals surface area (Å²) in [7, 11) is 0. The van der Waals surface area contributed by atoms with E-state index in [4.69, 9.17) is 0 Å². The van der Waals surface area contributed by atoms with Gasteiger partial charge in [-0.2, -0.15) is 0 Å².